The molecule has 0 unspecified atom stereocenters. The Balaban J connectivity index is 1.28. The van der Waals surface area contributed by atoms with Crippen molar-refractivity contribution in [1.29, 1.82) is 0 Å². The van der Waals surface area contributed by atoms with Crippen molar-refractivity contribution in [2.24, 2.45) is 17.6 Å². The van der Waals surface area contributed by atoms with Crippen LogP contribution in [0.1, 0.15) is 70.3 Å². The Kier molecular flexibility index (Phi) is 13.5. The summed E-state index contributed by atoms with van der Waals surface area (Å²) in [6, 6.07) is 8.18. The summed E-state index contributed by atoms with van der Waals surface area (Å²) in [7, 11) is 0. The van der Waals surface area contributed by atoms with Crippen LogP contribution in [0.4, 0.5) is 23.5 Å². The molecule has 0 spiro atoms. The molecular formula is C31H50N8O3. The molecule has 2 saturated carbocycles. The lowest BCUT2D eigenvalue weighted by Gasteiger charge is -2.26. The predicted octanol–water partition coefficient (Wildman–Crippen LogP) is 4.25. The summed E-state index contributed by atoms with van der Waals surface area (Å²) in [5.74, 6) is 3.16. The Bertz CT molecular complexity index is 1060. The quantitative estimate of drug-likeness (QED) is 0.171. The average Bonchev–Trinajstić information content (AvgIpc) is 3.00. The second kappa shape index (κ2) is 17.8. The van der Waals surface area contributed by atoms with Gasteiger partial charge in [0.05, 0.1) is 32.8 Å². The molecule has 42 heavy (non-hydrogen) atoms. The van der Waals surface area contributed by atoms with E-state index in [1.54, 1.807) is 0 Å². The summed E-state index contributed by atoms with van der Waals surface area (Å²) in [5.41, 5.74) is 7.15. The summed E-state index contributed by atoms with van der Waals surface area (Å²) in [5, 5.41) is 13.3. The van der Waals surface area contributed by atoms with Crippen molar-refractivity contribution < 1.29 is 14.3 Å². The van der Waals surface area contributed by atoms with Gasteiger partial charge in [-0.25, -0.2) is 0 Å². The van der Waals surface area contributed by atoms with Gasteiger partial charge in [-0.05, 0) is 55.2 Å². The van der Waals surface area contributed by atoms with Crippen LogP contribution in [0.15, 0.2) is 24.3 Å². The molecule has 232 valence electrons. The van der Waals surface area contributed by atoms with Gasteiger partial charge in [-0.15, -0.1) is 0 Å². The number of hydrogen-bond acceptors (Lipinski definition) is 10. The Morgan fingerprint density at radius 2 is 1.55 bits per heavy atom. The topological polar surface area (TPSA) is 148 Å². The number of nitrogens with two attached hydrogens (primary N) is 1. The number of anilines is 4. The van der Waals surface area contributed by atoms with Crippen molar-refractivity contribution in [2.75, 3.05) is 62.0 Å². The van der Waals surface area contributed by atoms with E-state index < -0.39 is 0 Å². The highest BCUT2D eigenvalue weighted by Gasteiger charge is 2.19. The Hall–Kier alpha value is -3.02. The van der Waals surface area contributed by atoms with Gasteiger partial charge in [-0.1, -0.05) is 51.2 Å². The van der Waals surface area contributed by atoms with Crippen LogP contribution < -0.4 is 27.0 Å². The fraction of sp³-hybridized carbons (Fsp3) is 0.677. The second-order valence-corrected chi connectivity index (χ2v) is 11.7. The number of aromatic nitrogens is 3. The molecule has 2 aliphatic rings. The minimum Gasteiger partial charge on any atom is -0.378 e. The van der Waals surface area contributed by atoms with Gasteiger partial charge in [-0.2, -0.15) is 15.0 Å². The van der Waals surface area contributed by atoms with Gasteiger partial charge in [0.15, 0.2) is 0 Å². The van der Waals surface area contributed by atoms with E-state index in [1.807, 2.05) is 24.3 Å². The molecule has 11 nitrogen and oxygen atoms in total. The standard InChI is InChI=1S/C31H50N8O3/c1-23-7-9-25(10-8-23)22-34-29-37-30(35-26-5-3-2-4-6-26)39-31(38-29)36-27-13-11-24(12-14-27)21-28(40)33-16-18-42-20-19-41-17-15-32/h11-14,23,25-26H,2-10,15-22,32H2,1H3,(H,33,40)(H3,34,35,36,37,38,39). The van der Waals surface area contributed by atoms with E-state index in [4.69, 9.17) is 25.2 Å². The number of benzene rings is 1. The minimum absolute atomic E-state index is 0.0438. The molecule has 2 aromatic rings. The maximum Gasteiger partial charge on any atom is 0.233 e. The monoisotopic (exact) mass is 582 g/mol. The van der Waals surface area contributed by atoms with Gasteiger partial charge in [0.1, 0.15) is 0 Å². The van der Waals surface area contributed by atoms with Crippen LogP contribution in [-0.2, 0) is 20.7 Å². The molecule has 4 rings (SSSR count). The first kappa shape index (κ1) is 31.9. The molecule has 6 N–H and O–H groups in total. The summed E-state index contributed by atoms with van der Waals surface area (Å²) < 4.78 is 10.7. The van der Waals surface area contributed by atoms with E-state index in [1.165, 1.54) is 44.9 Å². The van der Waals surface area contributed by atoms with Crippen LogP contribution in [-0.4, -0.2) is 73.0 Å². The molecule has 0 bridgehead atoms. The van der Waals surface area contributed by atoms with E-state index in [-0.39, 0.29) is 5.91 Å². The molecule has 1 heterocycles. The fourth-order valence-electron chi connectivity index (χ4n) is 5.52. The van der Waals surface area contributed by atoms with Crippen LogP contribution in [0.2, 0.25) is 0 Å². The molecule has 0 saturated heterocycles. The summed E-state index contributed by atoms with van der Waals surface area (Å²) in [4.78, 5) is 26.4. The Morgan fingerprint density at radius 1 is 0.857 bits per heavy atom. The minimum atomic E-state index is -0.0438. The average molecular weight is 583 g/mol. The zero-order valence-corrected chi connectivity index (χ0v) is 25.2. The number of rotatable bonds is 17. The van der Waals surface area contributed by atoms with Gasteiger partial charge < -0.3 is 36.5 Å². The third kappa shape index (κ3) is 11.7. The van der Waals surface area contributed by atoms with Crippen molar-refractivity contribution in [3.8, 4) is 0 Å². The van der Waals surface area contributed by atoms with Crippen LogP contribution in [0, 0.1) is 11.8 Å². The largest absolute Gasteiger partial charge is 0.378 e. The van der Waals surface area contributed by atoms with Gasteiger partial charge in [0, 0.05) is 31.4 Å². The first-order valence-corrected chi connectivity index (χ1v) is 15.8. The Labute approximate surface area is 250 Å². The maximum atomic E-state index is 12.3. The SMILES string of the molecule is CC1CCC(CNc2nc(Nc3ccc(CC(=O)NCCOCCOCCN)cc3)nc(NC3CCCCC3)n2)CC1. The first-order chi connectivity index (χ1) is 20.6. The first-order valence-electron chi connectivity index (χ1n) is 15.8. The molecular weight excluding hydrogens is 532 g/mol. The highest BCUT2D eigenvalue weighted by atomic mass is 16.5. The smallest absolute Gasteiger partial charge is 0.233 e. The Morgan fingerprint density at radius 3 is 2.29 bits per heavy atom. The summed E-state index contributed by atoms with van der Waals surface area (Å²) in [6.07, 6.45) is 11.5. The molecule has 1 aromatic heterocycles. The number of amides is 1. The van der Waals surface area contributed by atoms with E-state index in [0.29, 0.717) is 75.7 Å². The van der Waals surface area contributed by atoms with Crippen molar-refractivity contribution in [3.05, 3.63) is 29.8 Å². The van der Waals surface area contributed by atoms with Gasteiger partial charge in [0.2, 0.25) is 23.8 Å². The van der Waals surface area contributed by atoms with Gasteiger partial charge in [-0.3, -0.25) is 4.79 Å². The van der Waals surface area contributed by atoms with E-state index >= 15 is 0 Å². The predicted molar refractivity (Wildman–Crippen MR) is 167 cm³/mol. The maximum absolute atomic E-state index is 12.3. The zero-order valence-electron chi connectivity index (χ0n) is 25.2. The lowest BCUT2D eigenvalue weighted by Crippen LogP contribution is -2.29. The summed E-state index contributed by atoms with van der Waals surface area (Å²) >= 11 is 0. The second-order valence-electron chi connectivity index (χ2n) is 11.7. The highest BCUT2D eigenvalue weighted by Crippen LogP contribution is 2.28. The number of carbonyl (C=O) groups is 1. The lowest BCUT2D eigenvalue weighted by atomic mass is 9.83. The molecule has 2 fully saturated rings. The van der Waals surface area contributed by atoms with Crippen LogP contribution in [0.3, 0.4) is 0 Å². The number of carbonyl (C=O) groups excluding carboxylic acids is 1. The summed E-state index contributed by atoms with van der Waals surface area (Å²) in [6.45, 7) is 6.16. The number of nitrogens with one attached hydrogen (secondary N) is 4. The van der Waals surface area contributed by atoms with Gasteiger partial charge >= 0.3 is 0 Å². The fourth-order valence-corrected chi connectivity index (χ4v) is 5.52. The van der Waals surface area contributed by atoms with Crippen LogP contribution in [0.5, 0.6) is 0 Å². The number of hydrogen-bond donors (Lipinski definition) is 5. The van der Waals surface area contributed by atoms with Crippen molar-refractivity contribution in [1.82, 2.24) is 20.3 Å². The lowest BCUT2D eigenvalue weighted by molar-refractivity contribution is -0.120. The highest BCUT2D eigenvalue weighted by molar-refractivity contribution is 5.78. The van der Waals surface area contributed by atoms with E-state index in [2.05, 4.69) is 33.2 Å². The van der Waals surface area contributed by atoms with E-state index in [0.717, 1.165) is 36.6 Å². The number of ether oxygens (including phenoxy) is 2. The molecule has 0 atom stereocenters. The van der Waals surface area contributed by atoms with Crippen molar-refractivity contribution in [3.63, 3.8) is 0 Å². The third-order valence-electron chi connectivity index (χ3n) is 8.04. The molecule has 1 amide bonds. The van der Waals surface area contributed by atoms with Crippen molar-refractivity contribution >= 4 is 29.4 Å². The zero-order chi connectivity index (χ0) is 29.4. The number of nitrogens with zero attached hydrogens (tertiary/aromatic N) is 3. The molecule has 11 heteroatoms. The van der Waals surface area contributed by atoms with Crippen LogP contribution in [0.25, 0.3) is 0 Å². The normalized spacial score (nSPS) is 19.3. The molecule has 0 aliphatic heterocycles. The van der Waals surface area contributed by atoms with Crippen LogP contribution >= 0.6 is 0 Å². The molecule has 2 aliphatic carbocycles. The van der Waals surface area contributed by atoms with Crippen molar-refractivity contribution in [2.45, 2.75) is 77.2 Å². The molecule has 1 aromatic carbocycles. The van der Waals surface area contributed by atoms with Gasteiger partial charge in [0.25, 0.3) is 0 Å². The van der Waals surface area contributed by atoms with E-state index in [9.17, 15) is 4.79 Å². The molecule has 0 radical (unpaired) electrons. The third-order valence-corrected chi connectivity index (χ3v) is 8.04.